The van der Waals surface area contributed by atoms with Crippen molar-refractivity contribution >= 4 is 34.2 Å². The van der Waals surface area contributed by atoms with Crippen LogP contribution in [0.2, 0.25) is 0 Å². The normalized spacial score (nSPS) is 17.9. The predicted octanol–water partition coefficient (Wildman–Crippen LogP) is 3.95. The molecule has 0 bridgehead atoms. The van der Waals surface area contributed by atoms with E-state index in [1.165, 1.54) is 12.1 Å². The van der Waals surface area contributed by atoms with Gasteiger partial charge in [-0.3, -0.25) is 14.4 Å². The summed E-state index contributed by atoms with van der Waals surface area (Å²) < 4.78 is 15.5. The minimum absolute atomic E-state index is 0.0184. The SMILES string of the molecule is C[C@@H]1CCc2cc(F)ccc2N1C(=O)Cn1cc(C(=O)C(=O)N2CCCC2)c2ccccc21. The Hall–Kier alpha value is -3.48. The lowest BCUT2D eigenvalue weighted by Crippen LogP contribution is -2.43. The number of likely N-dealkylation sites (tertiary alicyclic amines) is 1. The first kappa shape index (κ1) is 21.4. The predicted molar refractivity (Wildman–Crippen MR) is 124 cm³/mol. The summed E-state index contributed by atoms with van der Waals surface area (Å²) in [5.74, 6) is -1.47. The first-order valence-corrected chi connectivity index (χ1v) is 11.5. The molecule has 0 aliphatic carbocycles. The van der Waals surface area contributed by atoms with Crippen LogP contribution in [0.3, 0.4) is 0 Å². The Balaban J connectivity index is 1.47. The van der Waals surface area contributed by atoms with Crippen LogP contribution in [0.25, 0.3) is 10.9 Å². The van der Waals surface area contributed by atoms with E-state index in [0.29, 0.717) is 24.0 Å². The zero-order valence-electron chi connectivity index (χ0n) is 18.6. The third-order valence-corrected chi connectivity index (χ3v) is 6.77. The number of fused-ring (bicyclic) bond motifs is 2. The molecular formula is C26H26FN3O3. The number of carbonyl (C=O) groups excluding carboxylic acids is 3. The number of carbonyl (C=O) groups is 3. The molecule has 170 valence electrons. The number of aryl methyl sites for hydroxylation is 1. The summed E-state index contributed by atoms with van der Waals surface area (Å²) in [5.41, 5.74) is 2.61. The van der Waals surface area contributed by atoms with Crippen molar-refractivity contribution in [3.63, 3.8) is 0 Å². The summed E-state index contributed by atoms with van der Waals surface area (Å²) in [6.45, 7) is 3.22. The van der Waals surface area contributed by atoms with E-state index in [0.717, 1.165) is 42.5 Å². The third kappa shape index (κ3) is 3.81. The number of hydrogen-bond donors (Lipinski definition) is 0. The van der Waals surface area contributed by atoms with Crippen LogP contribution in [0.1, 0.15) is 42.1 Å². The van der Waals surface area contributed by atoms with Crippen molar-refractivity contribution < 1.29 is 18.8 Å². The Morgan fingerprint density at radius 2 is 1.82 bits per heavy atom. The molecule has 2 amide bonds. The number of nitrogens with zero attached hydrogens (tertiary/aromatic N) is 3. The van der Waals surface area contributed by atoms with Gasteiger partial charge in [0.2, 0.25) is 5.91 Å². The molecule has 1 atom stereocenters. The Bertz CT molecular complexity index is 1260. The highest BCUT2D eigenvalue weighted by atomic mass is 19.1. The maximum absolute atomic E-state index is 13.7. The van der Waals surface area contributed by atoms with Crippen LogP contribution in [0.15, 0.2) is 48.7 Å². The lowest BCUT2D eigenvalue weighted by Gasteiger charge is -2.35. The maximum Gasteiger partial charge on any atom is 0.295 e. The Labute approximate surface area is 191 Å². The fourth-order valence-corrected chi connectivity index (χ4v) is 5.06. The highest BCUT2D eigenvalue weighted by Crippen LogP contribution is 2.32. The minimum Gasteiger partial charge on any atom is -0.337 e. The van der Waals surface area contributed by atoms with Crippen molar-refractivity contribution in [3.05, 3.63) is 65.6 Å². The van der Waals surface area contributed by atoms with E-state index in [4.69, 9.17) is 0 Å². The van der Waals surface area contributed by atoms with Crippen molar-refractivity contribution in [1.29, 1.82) is 0 Å². The van der Waals surface area contributed by atoms with E-state index in [1.807, 2.05) is 31.2 Å². The average Bonchev–Trinajstić information content (AvgIpc) is 3.47. The molecule has 1 aromatic heterocycles. The molecule has 7 heteroatoms. The largest absolute Gasteiger partial charge is 0.337 e. The van der Waals surface area contributed by atoms with Gasteiger partial charge in [0.25, 0.3) is 11.7 Å². The number of ketones is 1. The van der Waals surface area contributed by atoms with Gasteiger partial charge in [0, 0.05) is 41.9 Å². The molecule has 5 rings (SSSR count). The summed E-state index contributed by atoms with van der Waals surface area (Å²) in [6, 6.07) is 11.8. The summed E-state index contributed by atoms with van der Waals surface area (Å²) in [5, 5.41) is 0.664. The number of hydrogen-bond acceptors (Lipinski definition) is 3. The van der Waals surface area contributed by atoms with Gasteiger partial charge in [-0.1, -0.05) is 18.2 Å². The zero-order chi connectivity index (χ0) is 23.1. The molecule has 2 aromatic carbocycles. The van der Waals surface area contributed by atoms with Gasteiger partial charge in [0.05, 0.1) is 5.56 Å². The van der Waals surface area contributed by atoms with Crippen LogP contribution in [-0.4, -0.2) is 46.2 Å². The Kier molecular flexibility index (Phi) is 5.48. The molecule has 6 nitrogen and oxygen atoms in total. The van der Waals surface area contributed by atoms with E-state index in [2.05, 4.69) is 0 Å². The Morgan fingerprint density at radius 1 is 1.06 bits per heavy atom. The summed E-state index contributed by atoms with van der Waals surface area (Å²) in [6.07, 6.45) is 4.92. The lowest BCUT2D eigenvalue weighted by molar-refractivity contribution is -0.125. The summed E-state index contributed by atoms with van der Waals surface area (Å²) in [7, 11) is 0. The van der Waals surface area contributed by atoms with Crippen molar-refractivity contribution in [3.8, 4) is 0 Å². The standard InChI is InChI=1S/C26H26FN3O3/c1-17-8-9-18-14-19(27)10-11-22(18)30(17)24(31)16-29-15-21(20-6-2-3-7-23(20)29)25(32)26(33)28-12-4-5-13-28/h2-3,6-7,10-11,14-15,17H,4-5,8-9,12-13,16H2,1H3/t17-/m1/s1. The topological polar surface area (TPSA) is 62.6 Å². The summed E-state index contributed by atoms with van der Waals surface area (Å²) in [4.78, 5) is 42.6. The van der Waals surface area contributed by atoms with E-state index < -0.39 is 11.7 Å². The van der Waals surface area contributed by atoms with Crippen LogP contribution in [-0.2, 0) is 22.6 Å². The zero-order valence-corrected chi connectivity index (χ0v) is 18.6. The van der Waals surface area contributed by atoms with E-state index in [-0.39, 0.29) is 24.3 Å². The average molecular weight is 448 g/mol. The molecule has 0 spiro atoms. The number of benzene rings is 2. The fourth-order valence-electron chi connectivity index (χ4n) is 5.06. The van der Waals surface area contributed by atoms with Gasteiger partial charge in [-0.25, -0.2) is 4.39 Å². The number of rotatable bonds is 4. The van der Waals surface area contributed by atoms with Crippen LogP contribution in [0.4, 0.5) is 10.1 Å². The van der Waals surface area contributed by atoms with Crippen molar-refractivity contribution in [2.24, 2.45) is 0 Å². The lowest BCUT2D eigenvalue weighted by atomic mass is 9.96. The smallest absolute Gasteiger partial charge is 0.295 e. The molecule has 0 saturated carbocycles. The van der Waals surface area contributed by atoms with Crippen LogP contribution in [0.5, 0.6) is 0 Å². The molecule has 1 saturated heterocycles. The number of amides is 2. The molecule has 2 aliphatic rings. The van der Waals surface area contributed by atoms with E-state index in [9.17, 15) is 18.8 Å². The van der Waals surface area contributed by atoms with Crippen molar-refractivity contribution in [2.45, 2.75) is 45.2 Å². The number of anilines is 1. The quantitative estimate of drug-likeness (QED) is 0.449. The second-order valence-corrected chi connectivity index (χ2v) is 8.94. The van der Waals surface area contributed by atoms with Gasteiger partial charge in [0.15, 0.2) is 0 Å². The molecule has 1 fully saturated rings. The van der Waals surface area contributed by atoms with Gasteiger partial charge in [0.1, 0.15) is 12.4 Å². The van der Waals surface area contributed by atoms with Gasteiger partial charge < -0.3 is 14.4 Å². The first-order valence-electron chi connectivity index (χ1n) is 11.5. The van der Waals surface area contributed by atoms with Gasteiger partial charge in [-0.2, -0.15) is 0 Å². The van der Waals surface area contributed by atoms with Crippen LogP contribution in [0, 0.1) is 5.82 Å². The van der Waals surface area contributed by atoms with E-state index >= 15 is 0 Å². The van der Waals surface area contributed by atoms with Crippen LogP contribution >= 0.6 is 0 Å². The molecule has 0 unspecified atom stereocenters. The van der Waals surface area contributed by atoms with Gasteiger partial charge in [-0.15, -0.1) is 0 Å². The van der Waals surface area contributed by atoms with Gasteiger partial charge in [-0.05, 0) is 62.4 Å². The molecule has 0 radical (unpaired) electrons. The third-order valence-electron chi connectivity index (χ3n) is 6.77. The number of halogens is 1. The Morgan fingerprint density at radius 3 is 2.61 bits per heavy atom. The number of para-hydroxylation sites is 1. The molecule has 3 aromatic rings. The molecule has 0 N–H and O–H groups in total. The van der Waals surface area contributed by atoms with Gasteiger partial charge >= 0.3 is 0 Å². The fraction of sp³-hybridized carbons (Fsp3) is 0.346. The molecule has 2 aliphatic heterocycles. The van der Waals surface area contributed by atoms with Crippen molar-refractivity contribution in [2.75, 3.05) is 18.0 Å². The minimum atomic E-state index is -0.536. The summed E-state index contributed by atoms with van der Waals surface area (Å²) >= 11 is 0. The number of Topliss-reactive ketones (excluding diaryl/α,β-unsaturated/α-hetero) is 1. The second-order valence-electron chi connectivity index (χ2n) is 8.94. The molecular weight excluding hydrogens is 421 g/mol. The second kappa shape index (κ2) is 8.46. The highest BCUT2D eigenvalue weighted by Gasteiger charge is 2.31. The van der Waals surface area contributed by atoms with Crippen molar-refractivity contribution in [1.82, 2.24) is 9.47 Å². The molecule has 3 heterocycles. The monoisotopic (exact) mass is 447 g/mol. The number of aromatic nitrogens is 1. The molecule has 33 heavy (non-hydrogen) atoms. The highest BCUT2D eigenvalue weighted by molar-refractivity contribution is 6.45. The van der Waals surface area contributed by atoms with Crippen LogP contribution < -0.4 is 4.90 Å². The van der Waals surface area contributed by atoms with E-state index in [1.54, 1.807) is 26.6 Å². The maximum atomic E-state index is 13.7. The first-order chi connectivity index (χ1) is 15.9.